The van der Waals surface area contributed by atoms with Gasteiger partial charge in [-0.2, -0.15) is 0 Å². The van der Waals surface area contributed by atoms with Crippen LogP contribution in [0.4, 0.5) is 0 Å². The molecule has 0 saturated heterocycles. The minimum Gasteiger partial charge on any atom is -0.493 e. The van der Waals surface area contributed by atoms with Crippen molar-refractivity contribution in [3.63, 3.8) is 0 Å². The van der Waals surface area contributed by atoms with Crippen LogP contribution in [0, 0.1) is 0 Å². The molecule has 0 aromatic heterocycles. The Morgan fingerprint density at radius 2 is 1.82 bits per heavy atom. The van der Waals surface area contributed by atoms with Crippen LogP contribution < -0.4 is 4.74 Å². The van der Waals surface area contributed by atoms with Crippen LogP contribution in [0.3, 0.4) is 0 Å². The highest BCUT2D eigenvalue weighted by atomic mass is 16.5. The first-order valence-corrected chi connectivity index (χ1v) is 9.87. The fourth-order valence-electron chi connectivity index (χ4n) is 3.50. The van der Waals surface area contributed by atoms with Crippen molar-refractivity contribution in [1.82, 2.24) is 4.90 Å². The number of nitrogens with zero attached hydrogens (tertiary/aromatic N) is 2. The van der Waals surface area contributed by atoms with Gasteiger partial charge >= 0.3 is 0 Å². The molecule has 0 bridgehead atoms. The van der Waals surface area contributed by atoms with Crippen LogP contribution >= 0.6 is 0 Å². The van der Waals surface area contributed by atoms with Crippen molar-refractivity contribution < 1.29 is 4.74 Å². The third kappa shape index (κ3) is 5.67. The molecule has 1 aliphatic rings. The second-order valence-corrected chi connectivity index (χ2v) is 7.70. The summed E-state index contributed by atoms with van der Waals surface area (Å²) in [6.07, 6.45) is 1.77. The molecule has 0 saturated carbocycles. The lowest BCUT2D eigenvalue weighted by Gasteiger charge is -2.16. The first kappa shape index (κ1) is 20.1. The van der Waals surface area contributed by atoms with Crippen LogP contribution in [0.2, 0.25) is 0 Å². The number of rotatable bonds is 9. The number of likely N-dealkylation sites (N-methyl/N-ethyl adjacent to an activating group) is 1. The highest BCUT2D eigenvalue weighted by Crippen LogP contribution is 2.25. The topological polar surface area (TPSA) is 24.8 Å². The van der Waals surface area contributed by atoms with Crippen molar-refractivity contribution >= 4 is 5.71 Å². The average molecular weight is 375 g/mol. The van der Waals surface area contributed by atoms with Crippen LogP contribution in [0.1, 0.15) is 37.8 Å². The van der Waals surface area contributed by atoms with Gasteiger partial charge in [0.25, 0.3) is 0 Å². The third-order valence-corrected chi connectivity index (χ3v) is 4.83. The van der Waals surface area contributed by atoms with Crippen molar-refractivity contribution in [3.05, 3.63) is 89.1 Å². The monoisotopic (exact) mass is 374 g/mol. The van der Waals surface area contributed by atoms with Gasteiger partial charge in [0, 0.05) is 31.6 Å². The first-order valence-electron chi connectivity index (χ1n) is 9.87. The molecule has 1 aliphatic heterocycles. The SMILES string of the molecule is C=C(C)CN(C)Cc1ccc(OCCC2=C(C)CC(c3ccccc3)=N2)cc1. The van der Waals surface area contributed by atoms with Crippen molar-refractivity contribution in [1.29, 1.82) is 0 Å². The van der Waals surface area contributed by atoms with E-state index in [1.807, 2.05) is 6.07 Å². The molecule has 3 heteroatoms. The average Bonchev–Trinajstić information content (AvgIpc) is 3.04. The van der Waals surface area contributed by atoms with Crippen molar-refractivity contribution in [2.45, 2.75) is 33.2 Å². The van der Waals surface area contributed by atoms with Gasteiger partial charge in [-0.25, -0.2) is 0 Å². The Morgan fingerprint density at radius 1 is 1.11 bits per heavy atom. The lowest BCUT2D eigenvalue weighted by molar-refractivity contribution is 0.320. The van der Waals surface area contributed by atoms with Gasteiger partial charge in [-0.15, -0.1) is 0 Å². The third-order valence-electron chi connectivity index (χ3n) is 4.83. The molecule has 3 rings (SSSR count). The molecule has 0 amide bonds. The van der Waals surface area contributed by atoms with Crippen LogP contribution in [-0.4, -0.2) is 30.8 Å². The largest absolute Gasteiger partial charge is 0.493 e. The van der Waals surface area contributed by atoms with Crippen molar-refractivity contribution in [3.8, 4) is 5.75 Å². The molecule has 3 nitrogen and oxygen atoms in total. The summed E-state index contributed by atoms with van der Waals surface area (Å²) in [5.41, 5.74) is 7.34. The minimum atomic E-state index is 0.646. The molecule has 0 fully saturated rings. The van der Waals surface area contributed by atoms with E-state index in [0.29, 0.717) is 6.61 Å². The quantitative estimate of drug-likeness (QED) is 0.531. The van der Waals surface area contributed by atoms with E-state index in [1.165, 1.54) is 22.3 Å². The standard InChI is InChI=1S/C25H30N2O/c1-19(2)17-27(4)18-21-10-12-23(13-11-21)28-15-14-24-20(3)16-25(26-24)22-8-6-5-7-9-22/h5-13H,1,14-18H2,2-4H3. The summed E-state index contributed by atoms with van der Waals surface area (Å²) in [5, 5.41) is 0. The highest BCUT2D eigenvalue weighted by molar-refractivity contribution is 6.04. The van der Waals surface area contributed by atoms with E-state index in [-0.39, 0.29) is 0 Å². The maximum Gasteiger partial charge on any atom is 0.119 e. The Balaban J connectivity index is 1.49. The maximum atomic E-state index is 5.95. The zero-order valence-electron chi connectivity index (χ0n) is 17.2. The molecule has 0 N–H and O–H groups in total. The van der Waals surface area contributed by atoms with Gasteiger partial charge in [-0.3, -0.25) is 9.89 Å². The molecular weight excluding hydrogens is 344 g/mol. The second-order valence-electron chi connectivity index (χ2n) is 7.70. The summed E-state index contributed by atoms with van der Waals surface area (Å²) in [5.74, 6) is 0.912. The van der Waals surface area contributed by atoms with Gasteiger partial charge in [0.05, 0.1) is 12.3 Å². The molecule has 0 atom stereocenters. The van der Waals surface area contributed by atoms with Crippen LogP contribution in [0.5, 0.6) is 5.75 Å². The first-order chi connectivity index (χ1) is 13.5. The molecule has 0 spiro atoms. The molecule has 146 valence electrons. The van der Waals surface area contributed by atoms with Crippen molar-refractivity contribution in [2.75, 3.05) is 20.2 Å². The summed E-state index contributed by atoms with van der Waals surface area (Å²) < 4.78 is 5.95. The number of hydrogen-bond donors (Lipinski definition) is 0. The zero-order valence-corrected chi connectivity index (χ0v) is 17.2. The minimum absolute atomic E-state index is 0.646. The fourth-order valence-corrected chi connectivity index (χ4v) is 3.50. The van der Waals surface area contributed by atoms with Gasteiger partial charge in [-0.05, 0) is 49.7 Å². The van der Waals surface area contributed by atoms with Crippen molar-refractivity contribution in [2.24, 2.45) is 4.99 Å². The Bertz CT molecular complexity index is 863. The van der Waals surface area contributed by atoms with Crippen LogP contribution in [0.15, 0.2) is 83.0 Å². The number of ether oxygens (including phenoxy) is 1. The normalized spacial score (nSPS) is 13.8. The number of hydrogen-bond acceptors (Lipinski definition) is 3. The van der Waals surface area contributed by atoms with E-state index in [1.54, 1.807) is 0 Å². The predicted molar refractivity (Wildman–Crippen MR) is 118 cm³/mol. The smallest absolute Gasteiger partial charge is 0.119 e. The summed E-state index contributed by atoms with van der Waals surface area (Å²) in [7, 11) is 2.11. The number of aliphatic imine (C=N–C) groups is 1. The fraction of sp³-hybridized carbons (Fsp3) is 0.320. The van der Waals surface area contributed by atoms with E-state index in [4.69, 9.17) is 9.73 Å². The van der Waals surface area contributed by atoms with Gasteiger partial charge in [0.1, 0.15) is 5.75 Å². The van der Waals surface area contributed by atoms with Gasteiger partial charge in [0.15, 0.2) is 0 Å². The highest BCUT2D eigenvalue weighted by Gasteiger charge is 2.15. The van der Waals surface area contributed by atoms with Gasteiger partial charge in [-0.1, -0.05) is 54.6 Å². The molecule has 0 radical (unpaired) electrons. The predicted octanol–water partition coefficient (Wildman–Crippen LogP) is 5.63. The lowest BCUT2D eigenvalue weighted by atomic mass is 10.0. The molecule has 2 aromatic carbocycles. The Morgan fingerprint density at radius 3 is 2.50 bits per heavy atom. The van der Waals surface area contributed by atoms with Gasteiger partial charge in [0.2, 0.25) is 0 Å². The lowest BCUT2D eigenvalue weighted by Crippen LogP contribution is -2.19. The van der Waals surface area contributed by atoms with Crippen LogP contribution in [-0.2, 0) is 6.54 Å². The van der Waals surface area contributed by atoms with Gasteiger partial charge < -0.3 is 4.74 Å². The van der Waals surface area contributed by atoms with E-state index < -0.39 is 0 Å². The summed E-state index contributed by atoms with van der Waals surface area (Å²) in [6, 6.07) is 18.8. The molecule has 0 aliphatic carbocycles. The molecule has 0 unspecified atom stereocenters. The molecule has 28 heavy (non-hydrogen) atoms. The zero-order chi connectivity index (χ0) is 19.9. The summed E-state index contributed by atoms with van der Waals surface area (Å²) >= 11 is 0. The summed E-state index contributed by atoms with van der Waals surface area (Å²) in [6.45, 7) is 10.7. The van der Waals surface area contributed by atoms with E-state index in [0.717, 1.165) is 43.1 Å². The Hall–Kier alpha value is -2.65. The van der Waals surface area contributed by atoms with E-state index in [9.17, 15) is 0 Å². The maximum absolute atomic E-state index is 5.95. The Kier molecular flexibility index (Phi) is 6.83. The summed E-state index contributed by atoms with van der Waals surface area (Å²) in [4.78, 5) is 7.10. The second kappa shape index (κ2) is 9.52. The van der Waals surface area contributed by atoms with Crippen LogP contribution in [0.25, 0.3) is 0 Å². The number of benzene rings is 2. The van der Waals surface area contributed by atoms with E-state index in [2.05, 4.69) is 80.9 Å². The number of allylic oxidation sites excluding steroid dienone is 1. The molecular formula is C25H30N2O. The van der Waals surface area contributed by atoms with E-state index >= 15 is 0 Å². The Labute approximate surface area is 169 Å². The molecule has 1 heterocycles. The molecule has 2 aromatic rings.